The summed E-state index contributed by atoms with van der Waals surface area (Å²) in [7, 11) is -2.58. The molecule has 0 fully saturated rings. The van der Waals surface area contributed by atoms with E-state index in [0.717, 1.165) is 14.3 Å². The molecule has 1 atom stereocenters. The number of aliphatic carboxylic acids is 1. The van der Waals surface area contributed by atoms with Crippen molar-refractivity contribution in [1.29, 1.82) is 0 Å². The van der Waals surface area contributed by atoms with E-state index in [1.807, 2.05) is 0 Å². The van der Waals surface area contributed by atoms with Gasteiger partial charge in [-0.2, -0.15) is 4.31 Å². The van der Waals surface area contributed by atoms with Crippen molar-refractivity contribution < 1.29 is 18.3 Å². The van der Waals surface area contributed by atoms with Gasteiger partial charge in [0, 0.05) is 11.5 Å². The van der Waals surface area contributed by atoms with Gasteiger partial charge in [-0.25, -0.2) is 8.42 Å². The number of benzene rings is 2. The number of sulfonamides is 1. The second-order valence-electron chi connectivity index (χ2n) is 5.02. The number of likely N-dealkylation sites (N-methyl/N-ethyl adjacent to an activating group) is 1. The Labute approximate surface area is 143 Å². The lowest BCUT2D eigenvalue weighted by molar-refractivity contribution is -0.141. The fourth-order valence-electron chi connectivity index (χ4n) is 2.14. The first kappa shape index (κ1) is 17.7. The highest BCUT2D eigenvalue weighted by atomic mass is 79.9. The number of carbonyl (C=O) groups is 1. The molecule has 0 radical (unpaired) electrons. The van der Waals surface area contributed by atoms with E-state index >= 15 is 0 Å². The van der Waals surface area contributed by atoms with Crippen LogP contribution in [0.15, 0.2) is 64.0 Å². The number of carboxylic acids is 1. The van der Waals surface area contributed by atoms with Crippen LogP contribution in [0.4, 0.5) is 0 Å². The van der Waals surface area contributed by atoms with Gasteiger partial charge >= 0.3 is 5.97 Å². The van der Waals surface area contributed by atoms with Crippen molar-refractivity contribution in [2.75, 3.05) is 7.05 Å². The Morgan fingerprint density at radius 3 is 2.22 bits per heavy atom. The van der Waals surface area contributed by atoms with Crippen LogP contribution in [0.5, 0.6) is 0 Å². The van der Waals surface area contributed by atoms with Gasteiger partial charge in [-0.05, 0) is 36.2 Å². The number of halogens is 1. The number of rotatable bonds is 6. The minimum atomic E-state index is -3.87. The van der Waals surface area contributed by atoms with Crippen molar-refractivity contribution in [3.8, 4) is 0 Å². The molecule has 1 N–H and O–H groups in total. The molecular formula is C16H16BrNO4S. The van der Waals surface area contributed by atoms with Gasteiger partial charge in [0.15, 0.2) is 0 Å². The van der Waals surface area contributed by atoms with Crippen LogP contribution in [0.1, 0.15) is 5.56 Å². The van der Waals surface area contributed by atoms with Crippen LogP contribution in [0.25, 0.3) is 0 Å². The summed E-state index contributed by atoms with van der Waals surface area (Å²) in [6.07, 6.45) is 0.0885. The first-order chi connectivity index (χ1) is 10.8. The fraction of sp³-hybridized carbons (Fsp3) is 0.188. The number of hydrogen-bond donors (Lipinski definition) is 1. The molecule has 0 aliphatic rings. The van der Waals surface area contributed by atoms with Crippen molar-refractivity contribution in [3.63, 3.8) is 0 Å². The molecule has 0 aromatic heterocycles. The summed E-state index contributed by atoms with van der Waals surface area (Å²) < 4.78 is 26.9. The van der Waals surface area contributed by atoms with Crippen LogP contribution in [-0.2, 0) is 21.2 Å². The maximum absolute atomic E-state index is 12.6. The van der Waals surface area contributed by atoms with E-state index in [4.69, 9.17) is 0 Å². The lowest BCUT2D eigenvalue weighted by Crippen LogP contribution is -2.43. The van der Waals surface area contributed by atoms with E-state index in [1.54, 1.807) is 42.5 Å². The Balaban J connectivity index is 2.30. The van der Waals surface area contributed by atoms with E-state index in [9.17, 15) is 18.3 Å². The molecule has 0 aliphatic heterocycles. The Kier molecular flexibility index (Phi) is 5.56. The van der Waals surface area contributed by atoms with Gasteiger partial charge in [-0.1, -0.05) is 46.3 Å². The van der Waals surface area contributed by atoms with Gasteiger partial charge in [-0.3, -0.25) is 4.79 Å². The SMILES string of the molecule is CN([C@@H](Cc1ccc(Br)cc1)C(=O)O)S(=O)(=O)c1ccccc1. The first-order valence-corrected chi connectivity index (χ1v) is 9.06. The molecule has 2 aromatic rings. The predicted molar refractivity (Wildman–Crippen MR) is 90.7 cm³/mol. The van der Waals surface area contributed by atoms with E-state index in [-0.39, 0.29) is 11.3 Å². The molecule has 0 saturated carbocycles. The van der Waals surface area contributed by atoms with E-state index in [0.29, 0.717) is 0 Å². The summed E-state index contributed by atoms with van der Waals surface area (Å²) in [6.45, 7) is 0. The second-order valence-corrected chi connectivity index (χ2v) is 7.93. The number of hydrogen-bond acceptors (Lipinski definition) is 3. The Bertz CT molecular complexity index is 775. The smallest absolute Gasteiger partial charge is 0.322 e. The Morgan fingerprint density at radius 1 is 1.13 bits per heavy atom. The van der Waals surface area contributed by atoms with Crippen LogP contribution in [0.3, 0.4) is 0 Å². The van der Waals surface area contributed by atoms with Crippen molar-refractivity contribution in [3.05, 3.63) is 64.6 Å². The van der Waals surface area contributed by atoms with Gasteiger partial charge in [0.05, 0.1) is 4.90 Å². The van der Waals surface area contributed by atoms with E-state index < -0.39 is 22.0 Å². The molecule has 2 rings (SSSR count). The van der Waals surface area contributed by atoms with Crippen LogP contribution in [0, 0.1) is 0 Å². The zero-order valence-electron chi connectivity index (χ0n) is 12.4. The molecule has 0 heterocycles. The van der Waals surface area contributed by atoms with Gasteiger partial charge in [-0.15, -0.1) is 0 Å². The second kappa shape index (κ2) is 7.25. The lowest BCUT2D eigenvalue weighted by Gasteiger charge is -2.24. The number of nitrogens with zero attached hydrogens (tertiary/aromatic N) is 1. The van der Waals surface area contributed by atoms with E-state index in [1.165, 1.54) is 19.2 Å². The highest BCUT2D eigenvalue weighted by Crippen LogP contribution is 2.19. The van der Waals surface area contributed by atoms with Crippen LogP contribution >= 0.6 is 15.9 Å². The molecule has 0 aliphatic carbocycles. The molecule has 0 bridgehead atoms. The molecule has 5 nitrogen and oxygen atoms in total. The van der Waals surface area contributed by atoms with Crippen molar-refractivity contribution >= 4 is 31.9 Å². The zero-order valence-corrected chi connectivity index (χ0v) is 14.8. The summed E-state index contributed by atoms with van der Waals surface area (Å²) in [4.78, 5) is 11.6. The monoisotopic (exact) mass is 397 g/mol. The fourth-order valence-corrected chi connectivity index (χ4v) is 3.74. The molecule has 23 heavy (non-hydrogen) atoms. The standard InChI is InChI=1S/C16H16BrNO4S/c1-18(23(21,22)14-5-3-2-4-6-14)15(16(19)20)11-12-7-9-13(17)10-8-12/h2-10,15H,11H2,1H3,(H,19,20)/t15-/m0/s1. The topological polar surface area (TPSA) is 74.7 Å². The maximum Gasteiger partial charge on any atom is 0.322 e. The largest absolute Gasteiger partial charge is 0.480 e. The molecule has 7 heteroatoms. The average Bonchev–Trinajstić information content (AvgIpc) is 2.54. The van der Waals surface area contributed by atoms with Crippen LogP contribution in [-0.4, -0.2) is 36.9 Å². The lowest BCUT2D eigenvalue weighted by atomic mass is 10.1. The Hall–Kier alpha value is -1.70. The first-order valence-electron chi connectivity index (χ1n) is 6.82. The molecule has 0 saturated heterocycles. The third kappa shape index (κ3) is 4.19. The van der Waals surface area contributed by atoms with Gasteiger partial charge in [0.2, 0.25) is 10.0 Å². The van der Waals surface area contributed by atoms with Gasteiger partial charge in [0.1, 0.15) is 6.04 Å². The molecular weight excluding hydrogens is 382 g/mol. The van der Waals surface area contributed by atoms with E-state index in [2.05, 4.69) is 15.9 Å². The molecule has 2 aromatic carbocycles. The third-order valence-corrected chi connectivity index (χ3v) is 5.90. The predicted octanol–water partition coefficient (Wildman–Crippen LogP) is 2.77. The summed E-state index contributed by atoms with van der Waals surface area (Å²) in [5.74, 6) is -1.19. The highest BCUT2D eigenvalue weighted by Gasteiger charge is 2.32. The summed E-state index contributed by atoms with van der Waals surface area (Å²) in [5, 5.41) is 9.45. The Morgan fingerprint density at radius 2 is 1.70 bits per heavy atom. The molecule has 122 valence electrons. The van der Waals surface area contributed by atoms with Crippen molar-refractivity contribution in [1.82, 2.24) is 4.31 Å². The summed E-state index contributed by atoms with van der Waals surface area (Å²) >= 11 is 3.31. The molecule has 0 spiro atoms. The minimum absolute atomic E-state index is 0.0737. The summed E-state index contributed by atoms with van der Waals surface area (Å²) in [6, 6.07) is 13.7. The van der Waals surface area contributed by atoms with Crippen molar-refractivity contribution in [2.24, 2.45) is 0 Å². The maximum atomic E-state index is 12.6. The normalized spacial score (nSPS) is 13.0. The molecule has 0 unspecified atom stereocenters. The van der Waals surface area contributed by atoms with Crippen LogP contribution < -0.4 is 0 Å². The van der Waals surface area contributed by atoms with Crippen molar-refractivity contribution in [2.45, 2.75) is 17.4 Å². The summed E-state index contributed by atoms with van der Waals surface area (Å²) in [5.41, 5.74) is 0.746. The minimum Gasteiger partial charge on any atom is -0.480 e. The van der Waals surface area contributed by atoms with Crippen LogP contribution in [0.2, 0.25) is 0 Å². The highest BCUT2D eigenvalue weighted by molar-refractivity contribution is 9.10. The van der Waals surface area contributed by atoms with Gasteiger partial charge < -0.3 is 5.11 Å². The van der Waals surface area contributed by atoms with Gasteiger partial charge in [0.25, 0.3) is 0 Å². The zero-order chi connectivity index (χ0) is 17.0. The average molecular weight is 398 g/mol. The number of carboxylic acid groups (broad SMARTS) is 1. The molecule has 0 amide bonds. The quantitative estimate of drug-likeness (QED) is 0.812. The third-order valence-electron chi connectivity index (χ3n) is 3.49.